The second kappa shape index (κ2) is 14.7. The molecule has 54 heavy (non-hydrogen) atoms. The number of fused-ring (bicyclic) bond motifs is 4. The summed E-state index contributed by atoms with van der Waals surface area (Å²) in [5.41, 5.74) is -1.38. The van der Waals surface area contributed by atoms with Gasteiger partial charge in [0.1, 0.15) is 28.9 Å². The second-order valence-corrected chi connectivity index (χ2v) is 19.1. The van der Waals surface area contributed by atoms with Gasteiger partial charge in [-0.3, -0.25) is 23.9 Å². The topological polar surface area (TPSA) is 184 Å². The molecule has 2 aromatic heterocycles. The molecule has 14 nitrogen and oxygen atoms in total. The molecule has 290 valence electrons. The van der Waals surface area contributed by atoms with Crippen LogP contribution in [0.5, 0.6) is 0 Å². The molecule has 5 heterocycles. The Bertz CT molecular complexity index is 1940. The summed E-state index contributed by atoms with van der Waals surface area (Å²) in [6, 6.07) is 7.05. The highest BCUT2D eigenvalue weighted by atomic mass is 32.2. The number of hydrogen-bond donors (Lipinski definition) is 3. The molecule has 5 aliphatic rings. The minimum absolute atomic E-state index is 0.138. The van der Waals surface area contributed by atoms with Gasteiger partial charge < -0.3 is 25.2 Å². The van der Waals surface area contributed by atoms with Gasteiger partial charge in [0.25, 0.3) is 11.8 Å². The number of sulfonamides is 1. The monoisotopic (exact) mass is 780 g/mol. The molecule has 0 spiro atoms. The van der Waals surface area contributed by atoms with Gasteiger partial charge in [-0.05, 0) is 82.9 Å². The molecule has 2 aromatic rings. The largest absolute Gasteiger partial charge is 0.444 e. The zero-order chi connectivity index (χ0) is 38.4. The lowest BCUT2D eigenvalue weighted by Gasteiger charge is -2.33. The standard InChI is InChI=1S/C38H48N6O8S2/c1-37(2,3)52-36(49)40-29-12-8-6-4-5-7-11-24-19-38(24,35(48)42-54(50,51)25-16-17-25)41-32(45)31-26-22-43(20-23(26)21-44(31)34(29)47)33(46)28-14-9-13-27(39-28)30-15-10-18-53-30/h7,9-11,13-15,18,23-26,29,31H,4-6,8,12,16-17,19-22H2,1-3H3,(H,40,49)(H,41,45)(H,42,48)/b11-7-/t23-,24+,26-,29-,31-,38+/m0/s1. The van der Waals surface area contributed by atoms with Crippen molar-refractivity contribution in [2.24, 2.45) is 17.8 Å². The summed E-state index contributed by atoms with van der Waals surface area (Å²) in [6.45, 7) is 5.75. The van der Waals surface area contributed by atoms with Crippen LogP contribution in [0.25, 0.3) is 10.6 Å². The molecule has 0 radical (unpaired) electrons. The molecule has 3 N–H and O–H groups in total. The fourth-order valence-electron chi connectivity index (χ4n) is 7.96. The first-order valence-electron chi connectivity index (χ1n) is 18.8. The summed E-state index contributed by atoms with van der Waals surface area (Å²) in [7, 11) is -3.90. The molecule has 3 aliphatic heterocycles. The third-order valence-corrected chi connectivity index (χ3v) is 13.6. The first-order chi connectivity index (χ1) is 25.6. The Morgan fingerprint density at radius 3 is 2.54 bits per heavy atom. The molecule has 0 bridgehead atoms. The molecule has 2 saturated carbocycles. The molecule has 16 heteroatoms. The van der Waals surface area contributed by atoms with Crippen molar-refractivity contribution in [2.45, 2.75) is 101 Å². The predicted molar refractivity (Wildman–Crippen MR) is 200 cm³/mol. The van der Waals surface area contributed by atoms with E-state index in [4.69, 9.17) is 4.74 Å². The lowest BCUT2D eigenvalue weighted by atomic mass is 9.93. The number of thiophene rings is 1. The van der Waals surface area contributed by atoms with E-state index in [0.29, 0.717) is 37.8 Å². The van der Waals surface area contributed by atoms with E-state index in [-0.39, 0.29) is 43.6 Å². The Morgan fingerprint density at radius 2 is 1.81 bits per heavy atom. The van der Waals surface area contributed by atoms with Gasteiger partial charge in [-0.1, -0.05) is 37.1 Å². The van der Waals surface area contributed by atoms with Gasteiger partial charge in [0, 0.05) is 37.4 Å². The van der Waals surface area contributed by atoms with Crippen molar-refractivity contribution in [2.75, 3.05) is 19.6 Å². The maximum Gasteiger partial charge on any atom is 0.408 e. The van der Waals surface area contributed by atoms with Crippen LogP contribution in [-0.4, -0.2) is 101 Å². The number of carbonyl (C=O) groups is 5. The van der Waals surface area contributed by atoms with Crippen LogP contribution >= 0.6 is 11.3 Å². The van der Waals surface area contributed by atoms with Crippen LogP contribution in [0, 0.1) is 17.8 Å². The molecule has 0 unspecified atom stereocenters. The molecule has 2 saturated heterocycles. The highest BCUT2D eigenvalue weighted by Crippen LogP contribution is 2.47. The van der Waals surface area contributed by atoms with Crippen molar-refractivity contribution in [1.82, 2.24) is 30.1 Å². The number of nitrogens with one attached hydrogen (secondary N) is 3. The number of pyridine rings is 1. The summed E-state index contributed by atoms with van der Waals surface area (Å²) in [6.07, 6.45) is 7.41. The van der Waals surface area contributed by atoms with Gasteiger partial charge >= 0.3 is 6.09 Å². The number of carbonyl (C=O) groups excluding carboxylic acids is 5. The molecule has 2 aliphatic carbocycles. The third-order valence-electron chi connectivity index (χ3n) is 10.9. The average molecular weight is 781 g/mol. The second-order valence-electron chi connectivity index (χ2n) is 16.2. The van der Waals surface area contributed by atoms with E-state index < -0.39 is 74.1 Å². The fraction of sp³-hybridized carbons (Fsp3) is 0.579. The minimum Gasteiger partial charge on any atom is -0.444 e. The van der Waals surface area contributed by atoms with E-state index in [1.807, 2.05) is 35.7 Å². The van der Waals surface area contributed by atoms with Crippen LogP contribution in [-0.2, 0) is 29.1 Å². The van der Waals surface area contributed by atoms with Gasteiger partial charge in [-0.2, -0.15) is 0 Å². The smallest absolute Gasteiger partial charge is 0.408 e. The maximum atomic E-state index is 14.6. The summed E-state index contributed by atoms with van der Waals surface area (Å²) >= 11 is 1.52. The summed E-state index contributed by atoms with van der Waals surface area (Å²) in [5.74, 6) is -3.37. The van der Waals surface area contributed by atoms with Gasteiger partial charge in [-0.15, -0.1) is 11.3 Å². The first-order valence-corrected chi connectivity index (χ1v) is 21.2. The van der Waals surface area contributed by atoms with Gasteiger partial charge in [0.15, 0.2) is 0 Å². The van der Waals surface area contributed by atoms with Gasteiger partial charge in [-0.25, -0.2) is 18.2 Å². The lowest BCUT2D eigenvalue weighted by Crippen LogP contribution is -2.60. The van der Waals surface area contributed by atoms with Crippen molar-refractivity contribution in [3.8, 4) is 10.6 Å². The highest BCUT2D eigenvalue weighted by molar-refractivity contribution is 7.91. The highest BCUT2D eigenvalue weighted by Gasteiger charge is 2.63. The van der Waals surface area contributed by atoms with Crippen molar-refractivity contribution < 1.29 is 37.1 Å². The van der Waals surface area contributed by atoms with E-state index in [9.17, 15) is 32.4 Å². The summed E-state index contributed by atoms with van der Waals surface area (Å²) in [5, 5.41) is 6.98. The Hall–Kier alpha value is -4.31. The molecular formula is C38H48N6O8S2. The molecule has 0 aromatic carbocycles. The number of allylic oxidation sites excluding steroid dienone is 1. The van der Waals surface area contributed by atoms with E-state index in [1.165, 1.54) is 16.2 Å². The SMILES string of the molecule is CC(C)(C)OC(=O)N[C@H]1CCCCC/C=C\[C@@H]2C[C@@]2(C(=O)NS(=O)(=O)C2CC2)NC(=O)[C@@H]2[C@H]3CN(C(=O)c4cccc(-c5cccs5)n4)C[C@H]3CN2C1=O. The van der Waals surface area contributed by atoms with E-state index in [1.54, 1.807) is 37.8 Å². The zero-order valence-electron chi connectivity index (χ0n) is 30.8. The first kappa shape index (κ1) is 38.0. The van der Waals surface area contributed by atoms with Crippen molar-refractivity contribution in [3.63, 3.8) is 0 Å². The van der Waals surface area contributed by atoms with E-state index in [2.05, 4.69) is 20.3 Å². The van der Waals surface area contributed by atoms with Crippen LogP contribution in [0.3, 0.4) is 0 Å². The Morgan fingerprint density at radius 1 is 1.02 bits per heavy atom. The lowest BCUT2D eigenvalue weighted by molar-refractivity contribution is -0.142. The fourth-order valence-corrected chi connectivity index (χ4v) is 10.0. The number of rotatable bonds is 6. The van der Waals surface area contributed by atoms with E-state index in [0.717, 1.165) is 17.7 Å². The quantitative estimate of drug-likeness (QED) is 0.369. The zero-order valence-corrected chi connectivity index (χ0v) is 32.4. The Labute approximate surface area is 319 Å². The normalized spacial score (nSPS) is 29.4. The molecular weight excluding hydrogens is 733 g/mol. The summed E-state index contributed by atoms with van der Waals surface area (Å²) in [4.78, 5) is 78.5. The maximum absolute atomic E-state index is 14.6. The van der Waals surface area contributed by atoms with Crippen LogP contribution in [0.15, 0.2) is 47.9 Å². The predicted octanol–water partition coefficient (Wildman–Crippen LogP) is 3.61. The number of alkyl carbamates (subject to hydrolysis) is 1. The molecule has 5 amide bonds. The average Bonchev–Trinajstić information content (AvgIpc) is 3.91. The molecule has 7 rings (SSSR count). The van der Waals surface area contributed by atoms with Gasteiger partial charge in [0.05, 0.1) is 15.8 Å². The van der Waals surface area contributed by atoms with Crippen LogP contribution in [0.4, 0.5) is 4.79 Å². The Balaban J connectivity index is 1.18. The van der Waals surface area contributed by atoms with Crippen LogP contribution in [0.2, 0.25) is 0 Å². The number of likely N-dealkylation sites (tertiary alicyclic amines) is 1. The van der Waals surface area contributed by atoms with Crippen molar-refractivity contribution >= 4 is 51.1 Å². The molecule has 4 fully saturated rings. The van der Waals surface area contributed by atoms with Crippen LogP contribution < -0.4 is 15.4 Å². The molecule has 6 atom stereocenters. The third kappa shape index (κ3) is 8.04. The van der Waals surface area contributed by atoms with Gasteiger partial charge in [0.2, 0.25) is 21.8 Å². The number of amides is 5. The number of hydrogen-bond acceptors (Lipinski definition) is 10. The van der Waals surface area contributed by atoms with Crippen molar-refractivity contribution in [1.29, 1.82) is 0 Å². The number of aromatic nitrogens is 1. The van der Waals surface area contributed by atoms with Crippen molar-refractivity contribution in [3.05, 3.63) is 53.6 Å². The Kier molecular flexibility index (Phi) is 10.4. The minimum atomic E-state index is -3.90. The van der Waals surface area contributed by atoms with E-state index >= 15 is 0 Å². The summed E-state index contributed by atoms with van der Waals surface area (Å²) < 4.78 is 33.5. The number of ether oxygens (including phenoxy) is 1. The van der Waals surface area contributed by atoms with Crippen LogP contribution in [0.1, 0.15) is 82.6 Å². The number of nitrogens with zero attached hydrogens (tertiary/aromatic N) is 3.